The van der Waals surface area contributed by atoms with Crippen LogP contribution in [0.2, 0.25) is 0 Å². The molecule has 54 heavy (non-hydrogen) atoms. The van der Waals surface area contributed by atoms with Crippen LogP contribution in [0.3, 0.4) is 0 Å². The molecule has 5 amide bonds. The van der Waals surface area contributed by atoms with E-state index < -0.39 is 18.2 Å². The van der Waals surface area contributed by atoms with Gasteiger partial charge in [-0.1, -0.05) is 0 Å². The van der Waals surface area contributed by atoms with Crippen molar-refractivity contribution < 1.29 is 72.1 Å². The second kappa shape index (κ2) is 30.8. The molecule has 0 aromatic rings. The zero-order chi connectivity index (χ0) is 39.1. The second-order valence-electron chi connectivity index (χ2n) is 12.4. The Hall–Kier alpha value is -3.43. The molecule has 5 N–H and O–H groups in total. The molecule has 0 radical (unpaired) electrons. The number of carbonyl (C=O) groups excluding carboxylic acids is 5. The summed E-state index contributed by atoms with van der Waals surface area (Å²) in [6.45, 7) is 4.69. The summed E-state index contributed by atoms with van der Waals surface area (Å²) in [6, 6.07) is -0.448. The van der Waals surface area contributed by atoms with Crippen molar-refractivity contribution in [3.05, 3.63) is 12.2 Å². The Bertz CT molecular complexity index is 1030. The van der Waals surface area contributed by atoms with Gasteiger partial charge in [-0.3, -0.25) is 19.3 Å². The molecule has 2 rings (SSSR count). The Balaban J connectivity index is 1.67. The number of imide groups is 1. The molecule has 2 aliphatic rings. The number of alkyl carbamates (subject to hydrolysis) is 2. The van der Waals surface area contributed by atoms with Crippen molar-refractivity contribution in [2.24, 2.45) is 11.8 Å². The van der Waals surface area contributed by atoms with Gasteiger partial charge in [-0.05, 0) is 31.6 Å². The molecular weight excluding hydrogens is 716 g/mol. The Kier molecular flexibility index (Phi) is 26.7. The molecule has 1 fully saturated rings. The number of rotatable bonds is 32. The Labute approximate surface area is 316 Å². The van der Waals surface area contributed by atoms with Crippen molar-refractivity contribution in [1.29, 1.82) is 0 Å². The van der Waals surface area contributed by atoms with E-state index in [2.05, 4.69) is 16.0 Å². The van der Waals surface area contributed by atoms with E-state index in [-0.39, 0.29) is 108 Å². The van der Waals surface area contributed by atoms with Gasteiger partial charge in [0.15, 0.2) is 0 Å². The SMILES string of the molecule is O=C(NCCOCCOCCOCCO)OCCC(CCOC(=O)NCCOCCOCCOCCO)NC(=O)C1CCC(CN2C(=O)C=CC2=O)CC1. The number of hydrogen-bond acceptors (Lipinski definition) is 15. The van der Waals surface area contributed by atoms with Crippen molar-refractivity contribution in [3.8, 4) is 0 Å². The monoisotopic (exact) mass is 776 g/mol. The van der Waals surface area contributed by atoms with Crippen molar-refractivity contribution in [2.45, 2.75) is 44.6 Å². The van der Waals surface area contributed by atoms with Crippen LogP contribution in [0.4, 0.5) is 9.59 Å². The van der Waals surface area contributed by atoms with Crippen molar-refractivity contribution >= 4 is 29.9 Å². The van der Waals surface area contributed by atoms with E-state index in [4.69, 9.17) is 48.1 Å². The van der Waals surface area contributed by atoms with E-state index in [0.717, 1.165) is 0 Å². The molecule has 1 aliphatic heterocycles. The van der Waals surface area contributed by atoms with Gasteiger partial charge >= 0.3 is 12.2 Å². The summed E-state index contributed by atoms with van der Waals surface area (Å²) in [4.78, 5) is 62.8. The third kappa shape index (κ3) is 22.7. The van der Waals surface area contributed by atoms with Crippen LogP contribution in [0.15, 0.2) is 12.2 Å². The standard InChI is InChI=1S/C35H60N4O15/c40-11-17-49-21-25-51-23-19-47-15-9-36-34(45)53-13-7-30(8-14-54-35(46)37-10-16-48-20-24-52-26-22-50-18-12-41)38-33(44)29-3-1-28(2-4-29)27-39-31(42)5-6-32(39)43/h5-6,28-30,40-41H,1-4,7-27H2,(H,36,45)(H,37,46)(H,38,44). The highest BCUT2D eigenvalue weighted by molar-refractivity contribution is 6.12. The molecule has 0 aromatic heterocycles. The second-order valence-corrected chi connectivity index (χ2v) is 12.4. The molecule has 19 nitrogen and oxygen atoms in total. The van der Waals surface area contributed by atoms with Gasteiger partial charge in [0, 0.05) is 56.6 Å². The molecule has 1 aliphatic carbocycles. The normalized spacial score (nSPS) is 16.9. The lowest BCUT2D eigenvalue weighted by molar-refractivity contribution is -0.138. The van der Waals surface area contributed by atoms with Gasteiger partial charge in [-0.2, -0.15) is 0 Å². The maximum Gasteiger partial charge on any atom is 0.407 e. The highest BCUT2D eigenvalue weighted by atomic mass is 16.6. The number of amides is 5. The van der Waals surface area contributed by atoms with Gasteiger partial charge in [0.1, 0.15) is 0 Å². The lowest BCUT2D eigenvalue weighted by Crippen LogP contribution is -2.43. The first-order valence-electron chi connectivity index (χ1n) is 18.7. The predicted octanol–water partition coefficient (Wildman–Crippen LogP) is -0.481. The number of hydrogen-bond donors (Lipinski definition) is 5. The largest absolute Gasteiger partial charge is 0.449 e. The number of aliphatic hydroxyl groups is 2. The Morgan fingerprint density at radius 1 is 0.611 bits per heavy atom. The minimum absolute atomic E-state index is 0.00539. The highest BCUT2D eigenvalue weighted by Gasteiger charge is 2.32. The fourth-order valence-corrected chi connectivity index (χ4v) is 5.44. The third-order valence-electron chi connectivity index (χ3n) is 8.29. The first-order valence-corrected chi connectivity index (χ1v) is 18.7. The van der Waals surface area contributed by atoms with Crippen molar-refractivity contribution in [1.82, 2.24) is 20.9 Å². The molecule has 0 bridgehead atoms. The van der Waals surface area contributed by atoms with E-state index in [1.54, 1.807) is 0 Å². The van der Waals surface area contributed by atoms with Crippen LogP contribution in [0.25, 0.3) is 0 Å². The summed E-state index contributed by atoms with van der Waals surface area (Å²) in [5.74, 6) is -0.903. The van der Waals surface area contributed by atoms with Crippen LogP contribution in [0.1, 0.15) is 38.5 Å². The van der Waals surface area contributed by atoms with E-state index in [1.165, 1.54) is 17.1 Å². The van der Waals surface area contributed by atoms with Crippen LogP contribution in [-0.2, 0) is 52.3 Å². The summed E-state index contributed by atoms with van der Waals surface area (Å²) in [5.41, 5.74) is 0. The van der Waals surface area contributed by atoms with E-state index >= 15 is 0 Å². The summed E-state index contributed by atoms with van der Waals surface area (Å²) in [7, 11) is 0. The predicted molar refractivity (Wildman–Crippen MR) is 190 cm³/mol. The van der Waals surface area contributed by atoms with Crippen LogP contribution < -0.4 is 16.0 Å². The minimum Gasteiger partial charge on any atom is -0.449 e. The van der Waals surface area contributed by atoms with Crippen molar-refractivity contribution in [3.63, 3.8) is 0 Å². The average Bonchev–Trinajstić information content (AvgIpc) is 3.48. The molecule has 310 valence electrons. The van der Waals surface area contributed by atoms with E-state index in [9.17, 15) is 24.0 Å². The molecule has 1 heterocycles. The zero-order valence-electron chi connectivity index (χ0n) is 31.2. The number of ether oxygens (including phenoxy) is 8. The number of nitrogens with one attached hydrogen (secondary N) is 3. The van der Waals surface area contributed by atoms with Crippen LogP contribution in [-0.4, -0.2) is 176 Å². The minimum atomic E-state index is -0.638. The summed E-state index contributed by atoms with van der Waals surface area (Å²) in [6.07, 6.45) is 4.42. The fourth-order valence-electron chi connectivity index (χ4n) is 5.44. The van der Waals surface area contributed by atoms with E-state index in [0.29, 0.717) is 85.1 Å². The van der Waals surface area contributed by atoms with Crippen LogP contribution in [0.5, 0.6) is 0 Å². The molecule has 19 heteroatoms. The van der Waals surface area contributed by atoms with Gasteiger partial charge in [-0.15, -0.1) is 0 Å². The Morgan fingerprint density at radius 3 is 1.44 bits per heavy atom. The topological polar surface area (TPSA) is 239 Å². The van der Waals surface area contributed by atoms with Gasteiger partial charge in [-0.25, -0.2) is 9.59 Å². The van der Waals surface area contributed by atoms with Gasteiger partial charge in [0.2, 0.25) is 5.91 Å². The molecule has 0 unspecified atom stereocenters. The summed E-state index contributed by atoms with van der Waals surface area (Å²) < 4.78 is 42.2. The maximum atomic E-state index is 13.3. The lowest BCUT2D eigenvalue weighted by atomic mass is 9.81. The Morgan fingerprint density at radius 2 is 1.02 bits per heavy atom. The molecule has 1 saturated carbocycles. The van der Waals surface area contributed by atoms with Gasteiger partial charge < -0.3 is 64.1 Å². The molecule has 0 spiro atoms. The van der Waals surface area contributed by atoms with Crippen LogP contribution >= 0.6 is 0 Å². The fraction of sp³-hybridized carbons (Fsp3) is 0.800. The molecular formula is C35H60N4O15. The smallest absolute Gasteiger partial charge is 0.407 e. The maximum absolute atomic E-state index is 13.3. The number of aliphatic hydroxyl groups excluding tert-OH is 2. The number of nitrogens with zero attached hydrogens (tertiary/aromatic N) is 1. The quantitative estimate of drug-likeness (QED) is 0.0429. The van der Waals surface area contributed by atoms with Gasteiger partial charge in [0.25, 0.3) is 11.8 Å². The van der Waals surface area contributed by atoms with E-state index in [1.807, 2.05) is 0 Å². The number of carbonyl (C=O) groups is 5. The first kappa shape index (κ1) is 46.7. The van der Waals surface area contributed by atoms with Crippen LogP contribution in [0, 0.1) is 11.8 Å². The lowest BCUT2D eigenvalue weighted by Gasteiger charge is -2.31. The highest BCUT2D eigenvalue weighted by Crippen LogP contribution is 2.30. The summed E-state index contributed by atoms with van der Waals surface area (Å²) >= 11 is 0. The average molecular weight is 777 g/mol. The summed E-state index contributed by atoms with van der Waals surface area (Å²) in [5, 5.41) is 25.5. The first-order chi connectivity index (χ1) is 26.3. The van der Waals surface area contributed by atoms with Gasteiger partial charge in [0.05, 0.1) is 106 Å². The molecule has 0 aromatic carbocycles. The molecule has 0 saturated heterocycles. The van der Waals surface area contributed by atoms with Crippen molar-refractivity contribution in [2.75, 3.05) is 125 Å². The molecule has 0 atom stereocenters. The third-order valence-corrected chi connectivity index (χ3v) is 8.29. The zero-order valence-corrected chi connectivity index (χ0v) is 31.2.